The first-order chi connectivity index (χ1) is 10.1. The first kappa shape index (κ1) is 16.3. The molecule has 0 spiro atoms. The minimum atomic E-state index is -0.625. The van der Waals surface area contributed by atoms with Crippen molar-refractivity contribution in [2.24, 2.45) is 11.8 Å². The lowest BCUT2D eigenvalue weighted by Gasteiger charge is -2.32. The van der Waals surface area contributed by atoms with Crippen LogP contribution in [0.15, 0.2) is 24.3 Å². The second-order valence-corrected chi connectivity index (χ2v) is 6.36. The van der Waals surface area contributed by atoms with E-state index in [0.29, 0.717) is 25.0 Å². The van der Waals surface area contributed by atoms with Crippen molar-refractivity contribution in [3.63, 3.8) is 0 Å². The number of aliphatic hydroxyl groups excluding tert-OH is 1. The molecule has 3 heteroatoms. The zero-order valence-corrected chi connectivity index (χ0v) is 13.4. The second-order valence-electron chi connectivity index (χ2n) is 6.36. The molecule has 1 aromatic carbocycles. The number of hydrogen-bond donors (Lipinski definition) is 1. The maximum absolute atomic E-state index is 10.4. The Labute approximate surface area is 128 Å². The lowest BCUT2D eigenvalue weighted by atomic mass is 9.82. The standard InChI is InChI=1S/C18H28O3/c1-4-20-18-8-6-5-7-16(18)17(19)12-21-15-10-13(2)9-14(3)11-15/h5-8,13-15,17,19H,4,9-12H2,1-3H3. The van der Waals surface area contributed by atoms with Gasteiger partial charge in [-0.2, -0.15) is 0 Å². The van der Waals surface area contributed by atoms with Crippen LogP contribution in [0.2, 0.25) is 0 Å². The molecule has 3 unspecified atom stereocenters. The third-order valence-electron chi connectivity index (χ3n) is 4.20. The molecule has 21 heavy (non-hydrogen) atoms. The number of rotatable bonds is 6. The van der Waals surface area contributed by atoms with Crippen molar-refractivity contribution in [3.05, 3.63) is 29.8 Å². The summed E-state index contributed by atoms with van der Waals surface area (Å²) in [5.74, 6) is 2.18. The van der Waals surface area contributed by atoms with Gasteiger partial charge in [-0.15, -0.1) is 0 Å². The minimum absolute atomic E-state index is 0.276. The van der Waals surface area contributed by atoms with Gasteiger partial charge in [0.25, 0.3) is 0 Å². The predicted octanol–water partition coefficient (Wildman–Crippen LogP) is 3.96. The van der Waals surface area contributed by atoms with E-state index in [1.54, 1.807) is 0 Å². The lowest BCUT2D eigenvalue weighted by Crippen LogP contribution is -2.27. The fourth-order valence-electron chi connectivity index (χ4n) is 3.37. The predicted molar refractivity (Wildman–Crippen MR) is 84.5 cm³/mol. The molecule has 118 valence electrons. The number of hydrogen-bond acceptors (Lipinski definition) is 3. The Hall–Kier alpha value is -1.06. The van der Waals surface area contributed by atoms with Gasteiger partial charge in [-0.05, 0) is 44.1 Å². The second kappa shape index (κ2) is 7.81. The van der Waals surface area contributed by atoms with E-state index in [4.69, 9.17) is 9.47 Å². The first-order valence-electron chi connectivity index (χ1n) is 8.11. The van der Waals surface area contributed by atoms with Crippen LogP contribution in [-0.4, -0.2) is 24.4 Å². The van der Waals surface area contributed by atoms with Crippen molar-refractivity contribution < 1.29 is 14.6 Å². The third kappa shape index (κ3) is 4.72. The Morgan fingerprint density at radius 1 is 1.14 bits per heavy atom. The molecule has 0 aromatic heterocycles. The van der Waals surface area contributed by atoms with Gasteiger partial charge >= 0.3 is 0 Å². The fraction of sp³-hybridized carbons (Fsp3) is 0.667. The van der Waals surface area contributed by atoms with E-state index >= 15 is 0 Å². The fourth-order valence-corrected chi connectivity index (χ4v) is 3.37. The lowest BCUT2D eigenvalue weighted by molar-refractivity contribution is -0.0417. The van der Waals surface area contributed by atoms with Crippen molar-refractivity contribution in [2.75, 3.05) is 13.2 Å². The molecule has 0 bridgehead atoms. The van der Waals surface area contributed by atoms with E-state index in [-0.39, 0.29) is 6.10 Å². The summed E-state index contributed by atoms with van der Waals surface area (Å²) < 4.78 is 11.5. The molecule has 1 N–H and O–H groups in total. The van der Waals surface area contributed by atoms with Crippen LogP contribution in [0.4, 0.5) is 0 Å². The molecular weight excluding hydrogens is 264 g/mol. The summed E-state index contributed by atoms with van der Waals surface area (Å²) in [7, 11) is 0. The summed E-state index contributed by atoms with van der Waals surface area (Å²) in [5, 5.41) is 10.4. The number of ether oxygens (including phenoxy) is 2. The highest BCUT2D eigenvalue weighted by molar-refractivity contribution is 5.35. The van der Waals surface area contributed by atoms with Crippen molar-refractivity contribution >= 4 is 0 Å². The van der Waals surface area contributed by atoms with Gasteiger partial charge < -0.3 is 14.6 Å². The maximum atomic E-state index is 10.4. The monoisotopic (exact) mass is 292 g/mol. The average Bonchev–Trinajstić information content (AvgIpc) is 2.45. The SMILES string of the molecule is CCOc1ccccc1C(O)COC1CC(C)CC(C)C1. The third-order valence-corrected chi connectivity index (χ3v) is 4.20. The van der Waals surface area contributed by atoms with Gasteiger partial charge in [0.2, 0.25) is 0 Å². The van der Waals surface area contributed by atoms with Gasteiger partial charge in [-0.3, -0.25) is 0 Å². The average molecular weight is 292 g/mol. The van der Waals surface area contributed by atoms with Crippen LogP contribution in [0.3, 0.4) is 0 Å². The van der Waals surface area contributed by atoms with Crippen LogP contribution in [0, 0.1) is 11.8 Å². The number of para-hydroxylation sites is 1. The van der Waals surface area contributed by atoms with E-state index in [9.17, 15) is 5.11 Å². The van der Waals surface area contributed by atoms with E-state index < -0.39 is 6.10 Å². The molecule has 0 heterocycles. The molecule has 0 amide bonds. The molecular formula is C18H28O3. The summed E-state index contributed by atoms with van der Waals surface area (Å²) in [6.07, 6.45) is 3.14. The number of aliphatic hydroxyl groups is 1. The molecule has 1 saturated carbocycles. The van der Waals surface area contributed by atoms with Crippen LogP contribution >= 0.6 is 0 Å². The van der Waals surface area contributed by atoms with Crippen LogP contribution in [0.25, 0.3) is 0 Å². The Morgan fingerprint density at radius 3 is 2.48 bits per heavy atom. The van der Waals surface area contributed by atoms with Gasteiger partial charge in [0, 0.05) is 5.56 Å². The zero-order valence-electron chi connectivity index (χ0n) is 13.4. The highest BCUT2D eigenvalue weighted by atomic mass is 16.5. The van der Waals surface area contributed by atoms with Crippen LogP contribution in [0.5, 0.6) is 5.75 Å². The quantitative estimate of drug-likeness (QED) is 0.862. The Balaban J connectivity index is 1.91. The van der Waals surface area contributed by atoms with Crippen molar-refractivity contribution in [2.45, 2.75) is 52.2 Å². The van der Waals surface area contributed by atoms with Crippen molar-refractivity contribution in [1.29, 1.82) is 0 Å². The van der Waals surface area contributed by atoms with E-state index in [0.717, 1.165) is 24.2 Å². The van der Waals surface area contributed by atoms with Crippen molar-refractivity contribution in [3.8, 4) is 5.75 Å². The van der Waals surface area contributed by atoms with Crippen LogP contribution in [-0.2, 0) is 4.74 Å². The van der Waals surface area contributed by atoms with Gasteiger partial charge in [0.05, 0.1) is 19.3 Å². The van der Waals surface area contributed by atoms with Gasteiger partial charge in [-0.25, -0.2) is 0 Å². The minimum Gasteiger partial charge on any atom is -0.493 e. The smallest absolute Gasteiger partial charge is 0.125 e. The molecule has 0 radical (unpaired) electrons. The summed E-state index contributed by atoms with van der Waals surface area (Å²) in [6, 6.07) is 7.65. The maximum Gasteiger partial charge on any atom is 0.125 e. The topological polar surface area (TPSA) is 38.7 Å². The largest absolute Gasteiger partial charge is 0.493 e. The van der Waals surface area contributed by atoms with Crippen molar-refractivity contribution in [1.82, 2.24) is 0 Å². The van der Waals surface area contributed by atoms with Crippen LogP contribution < -0.4 is 4.74 Å². The highest BCUT2D eigenvalue weighted by Crippen LogP contribution is 2.32. The molecule has 2 rings (SSSR count). The molecule has 3 nitrogen and oxygen atoms in total. The highest BCUT2D eigenvalue weighted by Gasteiger charge is 2.25. The Kier molecular flexibility index (Phi) is 6.07. The normalized spacial score (nSPS) is 27.3. The molecule has 1 fully saturated rings. The summed E-state index contributed by atoms with van der Waals surface area (Å²) in [4.78, 5) is 0. The summed E-state index contributed by atoms with van der Waals surface area (Å²) in [5.41, 5.74) is 0.816. The summed E-state index contributed by atoms with van der Waals surface area (Å²) >= 11 is 0. The Bertz CT molecular complexity index is 422. The van der Waals surface area contributed by atoms with Gasteiger partial charge in [0.1, 0.15) is 11.9 Å². The number of benzene rings is 1. The molecule has 0 saturated heterocycles. The van der Waals surface area contributed by atoms with Gasteiger partial charge in [0.15, 0.2) is 0 Å². The van der Waals surface area contributed by atoms with E-state index in [1.807, 2.05) is 31.2 Å². The summed E-state index contributed by atoms with van der Waals surface area (Å²) in [6.45, 7) is 7.46. The van der Waals surface area contributed by atoms with E-state index in [1.165, 1.54) is 6.42 Å². The molecule has 3 atom stereocenters. The molecule has 0 aliphatic heterocycles. The molecule has 1 aliphatic rings. The van der Waals surface area contributed by atoms with E-state index in [2.05, 4.69) is 13.8 Å². The van der Waals surface area contributed by atoms with Crippen LogP contribution in [0.1, 0.15) is 51.7 Å². The first-order valence-corrected chi connectivity index (χ1v) is 8.11. The molecule has 1 aromatic rings. The van der Waals surface area contributed by atoms with Gasteiger partial charge in [-0.1, -0.05) is 32.0 Å². The zero-order chi connectivity index (χ0) is 15.2. The Morgan fingerprint density at radius 2 is 1.81 bits per heavy atom. The molecule has 1 aliphatic carbocycles.